The predicted molar refractivity (Wildman–Crippen MR) is 83.8 cm³/mol. The van der Waals surface area contributed by atoms with Gasteiger partial charge in [-0.3, -0.25) is 14.7 Å². The molecule has 2 aliphatic rings. The monoisotopic (exact) mass is 320 g/mol. The minimum Gasteiger partial charge on any atom is -0.389 e. The van der Waals surface area contributed by atoms with Crippen LogP contribution in [0.5, 0.6) is 0 Å². The van der Waals surface area contributed by atoms with Gasteiger partial charge < -0.3 is 15.1 Å². The van der Waals surface area contributed by atoms with Crippen LogP contribution in [0.1, 0.15) is 36.7 Å². The maximum Gasteiger partial charge on any atom is 0.274 e. The third kappa shape index (κ3) is 3.52. The minimum absolute atomic E-state index is 0.0711. The molecule has 1 amide bonds. The molecule has 0 spiro atoms. The lowest BCUT2D eigenvalue weighted by atomic mass is 9.88. The maximum atomic E-state index is 12.4. The zero-order valence-electron chi connectivity index (χ0n) is 13.4. The van der Waals surface area contributed by atoms with E-state index in [2.05, 4.69) is 14.9 Å². The third-order valence-electron chi connectivity index (χ3n) is 5.08. The van der Waals surface area contributed by atoms with Crippen molar-refractivity contribution in [1.29, 1.82) is 0 Å². The second kappa shape index (κ2) is 6.51. The Hall–Kier alpha value is -1.57. The Kier molecular flexibility index (Phi) is 4.61. The van der Waals surface area contributed by atoms with E-state index in [9.17, 15) is 15.0 Å². The van der Waals surface area contributed by atoms with Gasteiger partial charge in [0.25, 0.3) is 5.91 Å². The van der Waals surface area contributed by atoms with E-state index in [4.69, 9.17) is 0 Å². The quantitative estimate of drug-likeness (QED) is 0.791. The van der Waals surface area contributed by atoms with E-state index in [0.717, 1.165) is 19.4 Å². The number of carbonyl (C=O) groups is 1. The van der Waals surface area contributed by atoms with Crippen molar-refractivity contribution >= 4 is 5.91 Å². The van der Waals surface area contributed by atoms with Crippen molar-refractivity contribution < 1.29 is 15.0 Å². The molecule has 7 heteroatoms. The molecule has 2 N–H and O–H groups in total. The number of carbonyl (C=O) groups excluding carboxylic acids is 1. The number of β-amino-alcohol motifs (C(OH)–C–C–N with tert-alkyl or cyclic N) is 1. The van der Waals surface area contributed by atoms with Gasteiger partial charge in [-0.05, 0) is 26.2 Å². The average Bonchev–Trinajstić information content (AvgIpc) is 2.58. The van der Waals surface area contributed by atoms with Gasteiger partial charge in [-0.2, -0.15) is 0 Å². The molecule has 0 aromatic carbocycles. The molecular weight excluding hydrogens is 296 g/mol. The van der Waals surface area contributed by atoms with Gasteiger partial charge >= 0.3 is 0 Å². The lowest BCUT2D eigenvalue weighted by molar-refractivity contribution is -0.116. The summed E-state index contributed by atoms with van der Waals surface area (Å²) in [4.78, 5) is 24.4. The molecule has 126 valence electrons. The molecule has 1 aromatic rings. The number of aliphatic hydroxyl groups is 2. The van der Waals surface area contributed by atoms with Crippen molar-refractivity contribution in [2.24, 2.45) is 0 Å². The first kappa shape index (κ1) is 16.3. The SMILES string of the molecule is C[C@]1(O)CCN(C2CCN(C(=O)c3cnccn3)CC2)C[C@@H]1O. The van der Waals surface area contributed by atoms with Gasteiger partial charge in [-0.15, -0.1) is 0 Å². The number of aliphatic hydroxyl groups excluding tert-OH is 1. The first-order chi connectivity index (χ1) is 11.0. The molecule has 3 rings (SSSR count). The number of likely N-dealkylation sites (tertiary alicyclic amines) is 2. The predicted octanol–water partition coefficient (Wildman–Crippen LogP) is -0.101. The van der Waals surface area contributed by atoms with Crippen molar-refractivity contribution in [3.05, 3.63) is 24.3 Å². The Labute approximate surface area is 136 Å². The summed E-state index contributed by atoms with van der Waals surface area (Å²) in [6, 6.07) is 0.353. The molecule has 0 radical (unpaired) electrons. The Morgan fingerprint density at radius 1 is 1.30 bits per heavy atom. The van der Waals surface area contributed by atoms with Crippen molar-refractivity contribution in [2.75, 3.05) is 26.2 Å². The minimum atomic E-state index is -0.987. The third-order valence-corrected chi connectivity index (χ3v) is 5.08. The number of hydrogen-bond donors (Lipinski definition) is 2. The number of nitrogens with zero attached hydrogens (tertiary/aromatic N) is 4. The molecule has 2 atom stereocenters. The van der Waals surface area contributed by atoms with Crippen LogP contribution >= 0.6 is 0 Å². The molecule has 1 aromatic heterocycles. The molecule has 0 saturated carbocycles. The Bertz CT molecular complexity index is 544. The molecule has 0 bridgehead atoms. The van der Waals surface area contributed by atoms with Crippen molar-refractivity contribution in [3.63, 3.8) is 0 Å². The first-order valence-electron chi connectivity index (χ1n) is 8.17. The van der Waals surface area contributed by atoms with E-state index in [1.807, 2.05) is 4.90 Å². The Morgan fingerprint density at radius 3 is 2.65 bits per heavy atom. The Balaban J connectivity index is 1.54. The van der Waals surface area contributed by atoms with Crippen LogP contribution < -0.4 is 0 Å². The fraction of sp³-hybridized carbons (Fsp3) is 0.688. The van der Waals surface area contributed by atoms with Gasteiger partial charge in [0, 0.05) is 44.6 Å². The van der Waals surface area contributed by atoms with Crippen LogP contribution in [0, 0.1) is 0 Å². The number of hydrogen-bond acceptors (Lipinski definition) is 6. The number of piperidine rings is 2. The molecule has 2 fully saturated rings. The highest BCUT2D eigenvalue weighted by Gasteiger charge is 2.39. The Morgan fingerprint density at radius 2 is 2.04 bits per heavy atom. The highest BCUT2D eigenvalue weighted by molar-refractivity contribution is 5.92. The number of aromatic nitrogens is 2. The van der Waals surface area contributed by atoms with Crippen LogP contribution in [-0.2, 0) is 0 Å². The van der Waals surface area contributed by atoms with E-state index >= 15 is 0 Å². The zero-order chi connectivity index (χ0) is 16.4. The fourth-order valence-electron chi connectivity index (χ4n) is 3.38. The molecule has 3 heterocycles. The summed E-state index contributed by atoms with van der Waals surface area (Å²) >= 11 is 0. The normalized spacial score (nSPS) is 30.4. The van der Waals surface area contributed by atoms with E-state index in [0.29, 0.717) is 37.8 Å². The summed E-state index contributed by atoms with van der Waals surface area (Å²) in [6.45, 7) is 4.34. The molecule has 2 aliphatic heterocycles. The summed E-state index contributed by atoms with van der Waals surface area (Å²) in [5.41, 5.74) is -0.602. The summed E-state index contributed by atoms with van der Waals surface area (Å²) in [5.74, 6) is -0.0711. The average molecular weight is 320 g/mol. The van der Waals surface area contributed by atoms with Crippen LogP contribution in [0.15, 0.2) is 18.6 Å². The summed E-state index contributed by atoms with van der Waals surface area (Å²) in [6.07, 6.45) is 6.20. The topological polar surface area (TPSA) is 89.8 Å². The van der Waals surface area contributed by atoms with Crippen molar-refractivity contribution in [2.45, 2.75) is 43.9 Å². The number of amides is 1. The zero-order valence-corrected chi connectivity index (χ0v) is 13.4. The summed E-state index contributed by atoms with van der Waals surface area (Å²) in [5, 5.41) is 20.1. The van der Waals surface area contributed by atoms with Gasteiger partial charge in [0.15, 0.2) is 0 Å². The van der Waals surface area contributed by atoms with E-state index < -0.39 is 11.7 Å². The van der Waals surface area contributed by atoms with Crippen molar-refractivity contribution in [1.82, 2.24) is 19.8 Å². The fourth-order valence-corrected chi connectivity index (χ4v) is 3.38. The molecule has 7 nitrogen and oxygen atoms in total. The van der Waals surface area contributed by atoms with Crippen LogP contribution in [0.25, 0.3) is 0 Å². The van der Waals surface area contributed by atoms with E-state index in [1.54, 1.807) is 13.1 Å². The standard InChI is InChI=1S/C16H24N4O3/c1-16(23)4-9-20(11-14(16)21)12-2-7-19(8-3-12)15(22)13-10-17-5-6-18-13/h5-6,10,12,14,21,23H,2-4,7-9,11H2,1H3/t14-,16-/m0/s1. The molecular formula is C16H24N4O3. The van der Waals surface area contributed by atoms with Gasteiger partial charge in [-0.1, -0.05) is 0 Å². The summed E-state index contributed by atoms with van der Waals surface area (Å²) < 4.78 is 0. The van der Waals surface area contributed by atoms with Gasteiger partial charge in [0.1, 0.15) is 5.69 Å². The van der Waals surface area contributed by atoms with Gasteiger partial charge in [0.05, 0.1) is 17.9 Å². The van der Waals surface area contributed by atoms with Crippen LogP contribution in [0.2, 0.25) is 0 Å². The highest BCUT2D eigenvalue weighted by atomic mass is 16.3. The van der Waals surface area contributed by atoms with E-state index in [1.165, 1.54) is 12.4 Å². The second-order valence-corrected chi connectivity index (χ2v) is 6.73. The van der Waals surface area contributed by atoms with Crippen LogP contribution in [-0.4, -0.2) is 79.8 Å². The van der Waals surface area contributed by atoms with Gasteiger partial charge in [0.2, 0.25) is 0 Å². The summed E-state index contributed by atoms with van der Waals surface area (Å²) in [7, 11) is 0. The largest absolute Gasteiger partial charge is 0.389 e. The molecule has 0 aliphatic carbocycles. The van der Waals surface area contributed by atoms with Crippen molar-refractivity contribution in [3.8, 4) is 0 Å². The van der Waals surface area contributed by atoms with E-state index in [-0.39, 0.29) is 5.91 Å². The second-order valence-electron chi connectivity index (χ2n) is 6.73. The number of rotatable bonds is 2. The lowest BCUT2D eigenvalue weighted by Gasteiger charge is -2.45. The molecule has 23 heavy (non-hydrogen) atoms. The van der Waals surface area contributed by atoms with Crippen LogP contribution in [0.4, 0.5) is 0 Å². The highest BCUT2D eigenvalue weighted by Crippen LogP contribution is 2.26. The maximum absolute atomic E-state index is 12.4. The first-order valence-corrected chi connectivity index (χ1v) is 8.17. The van der Waals surface area contributed by atoms with Gasteiger partial charge in [-0.25, -0.2) is 4.98 Å². The molecule has 0 unspecified atom stereocenters. The van der Waals surface area contributed by atoms with Crippen LogP contribution in [0.3, 0.4) is 0 Å². The smallest absolute Gasteiger partial charge is 0.274 e. The molecule has 2 saturated heterocycles. The lowest BCUT2D eigenvalue weighted by Crippen LogP contribution is -2.58.